The van der Waals surface area contributed by atoms with Crippen LogP contribution in [0.5, 0.6) is 5.75 Å². The molecule has 1 aliphatic carbocycles. The van der Waals surface area contributed by atoms with E-state index < -0.39 is 6.04 Å². The summed E-state index contributed by atoms with van der Waals surface area (Å²) in [5.74, 6) is 0.0857. The third-order valence-corrected chi connectivity index (χ3v) is 12.6. The van der Waals surface area contributed by atoms with Gasteiger partial charge in [-0.15, -0.1) is 0 Å². The molecule has 7 rings (SSSR count). The minimum absolute atomic E-state index is 0.130. The van der Waals surface area contributed by atoms with Crippen molar-refractivity contribution >= 4 is 35.2 Å². The highest BCUT2D eigenvalue weighted by atomic mass is 35.5. The number of nitrogens with one attached hydrogen (secondary N) is 2. The van der Waals surface area contributed by atoms with Gasteiger partial charge in [0.05, 0.1) is 16.1 Å². The summed E-state index contributed by atoms with van der Waals surface area (Å²) < 4.78 is 6.36. The molecule has 2 N–H and O–H groups in total. The van der Waals surface area contributed by atoms with E-state index in [1.165, 1.54) is 5.56 Å². The van der Waals surface area contributed by atoms with Crippen molar-refractivity contribution in [3.05, 3.63) is 93.3 Å². The van der Waals surface area contributed by atoms with Gasteiger partial charge < -0.3 is 19.9 Å². The first kappa shape index (κ1) is 38.5. The molecule has 11 nitrogen and oxygen atoms in total. The molecule has 288 valence electrons. The van der Waals surface area contributed by atoms with E-state index in [4.69, 9.17) is 16.3 Å². The van der Waals surface area contributed by atoms with Crippen LogP contribution in [-0.2, 0) is 22.6 Å². The minimum Gasteiger partial charge on any atom is -0.489 e. The van der Waals surface area contributed by atoms with E-state index in [0.29, 0.717) is 46.3 Å². The third-order valence-electron chi connectivity index (χ3n) is 12.3. The van der Waals surface area contributed by atoms with Gasteiger partial charge in [-0.05, 0) is 106 Å². The van der Waals surface area contributed by atoms with Crippen LogP contribution in [0.25, 0.3) is 0 Å². The molecule has 1 atom stereocenters. The molecule has 2 aromatic carbocycles. The maximum atomic E-state index is 13.3. The van der Waals surface area contributed by atoms with Gasteiger partial charge >= 0.3 is 0 Å². The molecule has 2 saturated heterocycles. The number of aryl methyl sites for hydroxylation is 1. The van der Waals surface area contributed by atoms with Gasteiger partial charge in [0.25, 0.3) is 11.8 Å². The number of piperidine rings is 2. The molecule has 3 aliphatic heterocycles. The highest BCUT2D eigenvalue weighted by Gasteiger charge is 2.64. The second-order valence-corrected chi connectivity index (χ2v) is 17.1. The normalized spacial score (nSPS) is 23.4. The standard InChI is InChI=1S/C43H49ClN6O5/c1-42(2)40(43(3,4)41(42)55-32-12-9-28(23-45)34(44)22-32)48-37(52)29-8-11-31(46-24-29)7-5-6-18-49-19-16-26(17-20-49)27-10-13-33-30(21-27)25-50(39(33)54)35-14-15-36(51)47-38(35)53/h8-13,21-22,24,26,35,40-41H,5-7,14-20,25H2,1-4H3,(H,48,52)(H,47,51,53)/t35?,40-,41-. The first-order valence-corrected chi connectivity index (χ1v) is 19.8. The quantitative estimate of drug-likeness (QED) is 0.174. The molecule has 0 spiro atoms. The average molecular weight is 765 g/mol. The number of likely N-dealkylation sites (tertiary alicyclic amines) is 1. The van der Waals surface area contributed by atoms with Gasteiger partial charge in [-0.1, -0.05) is 51.4 Å². The zero-order valence-electron chi connectivity index (χ0n) is 32.0. The van der Waals surface area contributed by atoms with Crippen LogP contribution in [0.1, 0.15) is 115 Å². The number of nitriles is 1. The number of fused-ring (bicyclic) bond motifs is 1. The molecular formula is C43H49ClN6O5. The third kappa shape index (κ3) is 7.72. The predicted molar refractivity (Wildman–Crippen MR) is 207 cm³/mol. The van der Waals surface area contributed by atoms with Crippen molar-refractivity contribution in [2.75, 3.05) is 19.6 Å². The molecular weight excluding hydrogens is 716 g/mol. The predicted octanol–water partition coefficient (Wildman–Crippen LogP) is 6.18. The number of aromatic nitrogens is 1. The van der Waals surface area contributed by atoms with Crippen molar-refractivity contribution in [2.45, 2.75) is 103 Å². The SMILES string of the molecule is CC1(C)[C@H](NC(=O)c2ccc(CCCCN3CCC(c4ccc5c(c4)CN(C4CCC(=O)NC4=O)C5=O)CC3)nc2)C(C)(C)[C@H]1Oc1ccc(C#N)c(Cl)c1. The summed E-state index contributed by atoms with van der Waals surface area (Å²) in [5, 5.41) is 15.2. The lowest BCUT2D eigenvalue weighted by atomic mass is 9.49. The molecule has 12 heteroatoms. The average Bonchev–Trinajstić information content (AvgIpc) is 3.49. The summed E-state index contributed by atoms with van der Waals surface area (Å²) in [4.78, 5) is 59.2. The number of pyridine rings is 1. The topological polar surface area (TPSA) is 145 Å². The Hall–Kier alpha value is -4.79. The summed E-state index contributed by atoms with van der Waals surface area (Å²) >= 11 is 6.23. The number of halogens is 1. The number of amides is 4. The number of imide groups is 1. The van der Waals surface area contributed by atoms with Crippen molar-refractivity contribution in [1.29, 1.82) is 5.26 Å². The van der Waals surface area contributed by atoms with E-state index in [2.05, 4.69) is 66.4 Å². The second kappa shape index (κ2) is 15.4. The first-order chi connectivity index (χ1) is 26.3. The number of carbonyl (C=O) groups excluding carboxylic acids is 4. The second-order valence-electron chi connectivity index (χ2n) is 16.7. The summed E-state index contributed by atoms with van der Waals surface area (Å²) in [5.41, 5.74) is 4.08. The molecule has 4 heterocycles. The Morgan fingerprint density at radius 3 is 2.45 bits per heavy atom. The number of unbranched alkanes of at least 4 members (excludes halogenated alkanes) is 1. The van der Waals surface area contributed by atoms with Gasteiger partial charge in [0.2, 0.25) is 11.8 Å². The van der Waals surface area contributed by atoms with Gasteiger partial charge in [-0.2, -0.15) is 5.26 Å². The van der Waals surface area contributed by atoms with Crippen LogP contribution in [0, 0.1) is 22.2 Å². The van der Waals surface area contributed by atoms with E-state index in [1.807, 2.05) is 18.2 Å². The molecule has 4 aliphatic rings. The van der Waals surface area contributed by atoms with Gasteiger partial charge in [0.15, 0.2) is 0 Å². The lowest BCUT2D eigenvalue weighted by Crippen LogP contribution is -2.74. The molecule has 1 saturated carbocycles. The van der Waals surface area contributed by atoms with Gasteiger partial charge in [0, 0.05) is 53.4 Å². The van der Waals surface area contributed by atoms with E-state index in [1.54, 1.807) is 29.3 Å². The van der Waals surface area contributed by atoms with E-state index in [-0.39, 0.29) is 53.0 Å². The largest absolute Gasteiger partial charge is 0.489 e. The first-order valence-electron chi connectivity index (χ1n) is 19.4. The Morgan fingerprint density at radius 1 is 1.02 bits per heavy atom. The Labute approximate surface area is 327 Å². The maximum absolute atomic E-state index is 13.3. The van der Waals surface area contributed by atoms with Crippen LogP contribution in [0.3, 0.4) is 0 Å². The number of ether oxygens (including phenoxy) is 1. The van der Waals surface area contributed by atoms with Crippen molar-refractivity contribution < 1.29 is 23.9 Å². The molecule has 0 bridgehead atoms. The van der Waals surface area contributed by atoms with Crippen LogP contribution in [-0.4, -0.2) is 76.2 Å². The van der Waals surface area contributed by atoms with Crippen LogP contribution in [0.15, 0.2) is 54.7 Å². The highest BCUT2D eigenvalue weighted by molar-refractivity contribution is 6.31. The minimum atomic E-state index is -0.594. The van der Waals surface area contributed by atoms with Gasteiger partial charge in [-0.3, -0.25) is 29.5 Å². The number of nitrogens with zero attached hydrogens (tertiary/aromatic N) is 4. The number of benzene rings is 2. The maximum Gasteiger partial charge on any atom is 0.255 e. The van der Waals surface area contributed by atoms with Crippen molar-refractivity contribution in [2.24, 2.45) is 10.8 Å². The molecule has 1 unspecified atom stereocenters. The summed E-state index contributed by atoms with van der Waals surface area (Å²) in [6.07, 6.45) is 7.16. The lowest BCUT2D eigenvalue weighted by Gasteiger charge is -2.63. The zero-order valence-corrected chi connectivity index (χ0v) is 32.7. The van der Waals surface area contributed by atoms with E-state index >= 15 is 0 Å². The fourth-order valence-corrected chi connectivity index (χ4v) is 9.71. The molecule has 3 fully saturated rings. The van der Waals surface area contributed by atoms with E-state index in [9.17, 15) is 24.4 Å². The van der Waals surface area contributed by atoms with Crippen LogP contribution in [0.2, 0.25) is 5.02 Å². The lowest BCUT2D eigenvalue weighted by molar-refractivity contribution is -0.164. The fourth-order valence-electron chi connectivity index (χ4n) is 9.50. The van der Waals surface area contributed by atoms with E-state index in [0.717, 1.165) is 63.0 Å². The fraction of sp³-hybridized carbons (Fsp3) is 0.488. The van der Waals surface area contributed by atoms with Crippen LogP contribution < -0.4 is 15.4 Å². The zero-order chi connectivity index (χ0) is 39.1. The van der Waals surface area contributed by atoms with Crippen molar-refractivity contribution in [1.82, 2.24) is 25.4 Å². The highest BCUT2D eigenvalue weighted by Crippen LogP contribution is 2.55. The van der Waals surface area contributed by atoms with Gasteiger partial charge in [0.1, 0.15) is 24.0 Å². The summed E-state index contributed by atoms with van der Waals surface area (Å²) in [6.45, 7) is 11.8. The number of rotatable bonds is 11. The Morgan fingerprint density at radius 2 is 1.78 bits per heavy atom. The Bertz CT molecular complexity index is 2020. The number of hydrogen-bond donors (Lipinski definition) is 2. The Kier molecular flexibility index (Phi) is 10.8. The van der Waals surface area contributed by atoms with Crippen LogP contribution in [0.4, 0.5) is 0 Å². The monoisotopic (exact) mass is 764 g/mol. The number of hydrogen-bond acceptors (Lipinski definition) is 8. The Balaban J connectivity index is 0.831. The molecule has 4 amide bonds. The smallest absolute Gasteiger partial charge is 0.255 e. The molecule has 1 aromatic heterocycles. The van der Waals surface area contributed by atoms with Crippen molar-refractivity contribution in [3.8, 4) is 11.8 Å². The summed E-state index contributed by atoms with van der Waals surface area (Å²) in [6, 6.07) is 16.4. The molecule has 0 radical (unpaired) electrons. The van der Waals surface area contributed by atoms with Gasteiger partial charge in [-0.25, -0.2) is 0 Å². The summed E-state index contributed by atoms with van der Waals surface area (Å²) in [7, 11) is 0. The van der Waals surface area contributed by atoms with Crippen molar-refractivity contribution in [3.63, 3.8) is 0 Å². The number of carbonyl (C=O) groups is 4. The van der Waals surface area contributed by atoms with Crippen LogP contribution >= 0.6 is 11.6 Å². The molecule has 55 heavy (non-hydrogen) atoms. The molecule has 3 aromatic rings.